The first-order chi connectivity index (χ1) is 17.4. The van der Waals surface area contributed by atoms with Crippen LogP contribution < -0.4 is 0 Å². The van der Waals surface area contributed by atoms with E-state index in [1.54, 1.807) is 6.20 Å². The van der Waals surface area contributed by atoms with Crippen molar-refractivity contribution in [2.24, 2.45) is 0 Å². The molecule has 36 heavy (non-hydrogen) atoms. The summed E-state index contributed by atoms with van der Waals surface area (Å²) in [7, 11) is 0. The first kappa shape index (κ1) is 23.8. The van der Waals surface area contributed by atoms with Crippen molar-refractivity contribution < 1.29 is 18.3 Å². The smallest absolute Gasteiger partial charge is 0.277 e. The Morgan fingerprint density at radius 1 is 1.06 bits per heavy atom. The molecule has 5 rings (SSSR count). The first-order valence-corrected chi connectivity index (χ1v) is 11.8. The Morgan fingerprint density at radius 3 is 2.67 bits per heavy atom. The molecule has 0 radical (unpaired) electrons. The van der Waals surface area contributed by atoms with E-state index < -0.39 is 17.2 Å². The summed E-state index contributed by atoms with van der Waals surface area (Å²) in [6.45, 7) is 1.67. The summed E-state index contributed by atoms with van der Waals surface area (Å²) in [5.74, 6) is -0.818. The second-order valence-electron chi connectivity index (χ2n) is 8.13. The predicted octanol–water partition coefficient (Wildman–Crippen LogP) is 3.39. The first-order valence-electron chi connectivity index (χ1n) is 10.8. The fourth-order valence-corrected chi connectivity index (χ4v) is 4.39. The number of aromatic nitrogens is 8. The average molecular weight is 511 g/mol. The van der Waals surface area contributed by atoms with Crippen molar-refractivity contribution in [3.05, 3.63) is 89.8 Å². The van der Waals surface area contributed by atoms with Crippen LogP contribution in [-0.4, -0.2) is 45.1 Å². The Balaban J connectivity index is 1.30. The third-order valence-corrected chi connectivity index (χ3v) is 6.31. The number of hydrogen-bond acceptors (Lipinski definition) is 9. The van der Waals surface area contributed by atoms with Crippen molar-refractivity contribution in [2.45, 2.75) is 36.6 Å². The van der Waals surface area contributed by atoms with E-state index in [9.17, 15) is 13.9 Å². The maximum Gasteiger partial charge on any atom is 0.277 e. The second-order valence-corrected chi connectivity index (χ2v) is 9.06. The van der Waals surface area contributed by atoms with E-state index >= 15 is 0 Å². The fourth-order valence-electron chi connectivity index (χ4n) is 3.75. The molecule has 2 aromatic carbocycles. The topological polar surface area (TPSA) is 121 Å². The Kier molecular flexibility index (Phi) is 6.57. The van der Waals surface area contributed by atoms with E-state index in [-0.39, 0.29) is 18.7 Å². The molecule has 0 bridgehead atoms. The molecule has 1 atom stereocenters. The van der Waals surface area contributed by atoms with E-state index in [0.717, 1.165) is 23.3 Å². The Bertz CT molecular complexity index is 1470. The van der Waals surface area contributed by atoms with Crippen LogP contribution >= 0.6 is 11.8 Å². The van der Waals surface area contributed by atoms with Crippen LogP contribution in [0.1, 0.15) is 16.8 Å². The number of halogens is 2. The van der Waals surface area contributed by atoms with Crippen LogP contribution in [0.3, 0.4) is 0 Å². The third-order valence-electron chi connectivity index (χ3n) is 5.46. The van der Waals surface area contributed by atoms with Gasteiger partial charge in [-0.05, 0) is 24.6 Å². The van der Waals surface area contributed by atoms with Gasteiger partial charge in [-0.1, -0.05) is 41.2 Å². The zero-order valence-electron chi connectivity index (χ0n) is 19.0. The molecule has 184 valence electrons. The van der Waals surface area contributed by atoms with Crippen molar-refractivity contribution in [3.8, 4) is 11.5 Å². The summed E-state index contributed by atoms with van der Waals surface area (Å²) in [5.41, 5.74) is 0.566. The second kappa shape index (κ2) is 9.95. The van der Waals surface area contributed by atoms with Gasteiger partial charge in [-0.15, -0.1) is 15.3 Å². The zero-order valence-corrected chi connectivity index (χ0v) is 19.8. The molecule has 0 saturated carbocycles. The van der Waals surface area contributed by atoms with E-state index in [1.807, 2.05) is 31.2 Å². The minimum atomic E-state index is -1.81. The molecule has 0 aliphatic carbocycles. The third kappa shape index (κ3) is 5.16. The van der Waals surface area contributed by atoms with Gasteiger partial charge in [0.15, 0.2) is 0 Å². The number of aliphatic hydroxyl groups is 1. The molecule has 0 saturated heterocycles. The van der Waals surface area contributed by atoms with Crippen molar-refractivity contribution in [1.29, 1.82) is 0 Å². The lowest BCUT2D eigenvalue weighted by Gasteiger charge is -2.28. The van der Waals surface area contributed by atoms with E-state index in [2.05, 4.69) is 30.6 Å². The van der Waals surface area contributed by atoms with Gasteiger partial charge >= 0.3 is 0 Å². The summed E-state index contributed by atoms with van der Waals surface area (Å²) in [6.07, 6.45) is 4.32. The van der Waals surface area contributed by atoms with Crippen LogP contribution in [0.25, 0.3) is 11.5 Å². The average Bonchev–Trinajstić information content (AvgIpc) is 3.61. The molecule has 0 aliphatic rings. The molecular weight excluding hydrogens is 490 g/mol. The molecule has 3 aromatic heterocycles. The fraction of sp³-hybridized carbons (Fsp3) is 0.217. The number of rotatable bonds is 9. The SMILES string of the molecule is Cc1ccccc1-c1nnc(SCc2cn(CC(O)(Cn3cncn3)c3ccc(F)cc3F)nn2)o1. The number of aryl methyl sites for hydroxylation is 1. The lowest BCUT2D eigenvalue weighted by molar-refractivity contribution is -0.00891. The number of benzene rings is 2. The van der Waals surface area contributed by atoms with Crippen molar-refractivity contribution in [2.75, 3.05) is 0 Å². The normalized spacial score (nSPS) is 13.1. The highest BCUT2D eigenvalue weighted by Gasteiger charge is 2.34. The predicted molar refractivity (Wildman–Crippen MR) is 124 cm³/mol. The van der Waals surface area contributed by atoms with E-state index in [1.165, 1.54) is 39.8 Å². The van der Waals surface area contributed by atoms with Crippen molar-refractivity contribution in [3.63, 3.8) is 0 Å². The highest BCUT2D eigenvalue weighted by atomic mass is 32.2. The van der Waals surface area contributed by atoms with Crippen molar-refractivity contribution in [1.82, 2.24) is 40.0 Å². The molecule has 0 aliphatic heterocycles. The van der Waals surface area contributed by atoms with Gasteiger partial charge in [-0.3, -0.25) is 0 Å². The molecule has 5 aromatic rings. The van der Waals surface area contributed by atoms with Crippen molar-refractivity contribution >= 4 is 11.8 Å². The molecule has 1 N–H and O–H groups in total. The quantitative estimate of drug-likeness (QED) is 0.298. The molecular formula is C23H20F2N8O2S. The van der Waals surface area contributed by atoms with Gasteiger partial charge in [0.1, 0.15) is 29.9 Å². The van der Waals surface area contributed by atoms with Gasteiger partial charge in [0, 0.05) is 29.1 Å². The Labute approximate surface area is 208 Å². The van der Waals surface area contributed by atoms with Gasteiger partial charge in [0.25, 0.3) is 5.22 Å². The summed E-state index contributed by atoms with van der Waals surface area (Å²) in [4.78, 5) is 3.86. The van der Waals surface area contributed by atoms with E-state index in [4.69, 9.17) is 4.42 Å². The van der Waals surface area contributed by atoms with Gasteiger partial charge in [-0.2, -0.15) is 5.10 Å². The number of nitrogens with zero attached hydrogens (tertiary/aromatic N) is 8. The van der Waals surface area contributed by atoms with Crippen LogP contribution in [0.4, 0.5) is 8.78 Å². The van der Waals surface area contributed by atoms with E-state index in [0.29, 0.717) is 22.6 Å². The minimum absolute atomic E-state index is 0.0968. The highest BCUT2D eigenvalue weighted by Crippen LogP contribution is 2.29. The molecule has 3 heterocycles. The molecule has 1 unspecified atom stereocenters. The van der Waals surface area contributed by atoms with Gasteiger partial charge in [0.2, 0.25) is 5.89 Å². The summed E-state index contributed by atoms with van der Waals surface area (Å²) < 4.78 is 36.6. The van der Waals surface area contributed by atoms with Crippen LogP contribution in [0, 0.1) is 18.6 Å². The van der Waals surface area contributed by atoms with Crippen LogP contribution in [0.5, 0.6) is 0 Å². The maximum absolute atomic E-state index is 14.6. The maximum atomic E-state index is 14.6. The Morgan fingerprint density at radius 2 is 1.89 bits per heavy atom. The molecule has 0 fully saturated rings. The van der Waals surface area contributed by atoms with Crippen LogP contribution in [-0.2, 0) is 24.4 Å². The largest absolute Gasteiger partial charge is 0.411 e. The zero-order chi connectivity index (χ0) is 25.1. The summed E-state index contributed by atoms with van der Waals surface area (Å²) >= 11 is 1.29. The monoisotopic (exact) mass is 510 g/mol. The summed E-state index contributed by atoms with van der Waals surface area (Å²) in [5, 5.41) is 32.2. The Hall–Kier alpha value is -3.97. The standard InChI is InChI=1S/C23H20F2N8O2S/c1-15-4-2-3-5-18(15)21-29-30-22(35-21)36-10-17-9-32(31-28-17)11-23(34,12-33-14-26-13-27-33)19-7-6-16(24)8-20(19)25/h2-9,13-14,34H,10-12H2,1H3. The van der Waals surface area contributed by atoms with Gasteiger partial charge < -0.3 is 9.52 Å². The molecule has 0 spiro atoms. The number of hydrogen-bond donors (Lipinski definition) is 1. The molecule has 10 nitrogen and oxygen atoms in total. The lowest BCUT2D eigenvalue weighted by Crippen LogP contribution is -2.37. The highest BCUT2D eigenvalue weighted by molar-refractivity contribution is 7.98. The minimum Gasteiger partial charge on any atom is -0.411 e. The summed E-state index contributed by atoms with van der Waals surface area (Å²) in [6, 6.07) is 10.7. The van der Waals surface area contributed by atoms with Crippen LogP contribution in [0.15, 0.2) is 71.0 Å². The van der Waals surface area contributed by atoms with Gasteiger partial charge in [0.05, 0.1) is 18.8 Å². The van der Waals surface area contributed by atoms with Crippen LogP contribution in [0.2, 0.25) is 0 Å². The lowest BCUT2D eigenvalue weighted by atomic mass is 9.93. The molecule has 0 amide bonds. The van der Waals surface area contributed by atoms with Gasteiger partial charge in [-0.25, -0.2) is 23.1 Å². The number of thioether (sulfide) groups is 1. The molecule has 13 heteroatoms.